The number of carbonyl (C=O) groups excluding carboxylic acids is 3. The van der Waals surface area contributed by atoms with E-state index in [1.807, 2.05) is 30.3 Å². The molecule has 0 unspecified atom stereocenters. The van der Waals surface area contributed by atoms with Gasteiger partial charge in [-0.1, -0.05) is 36.8 Å². The average molecular weight is 437 g/mol. The van der Waals surface area contributed by atoms with E-state index < -0.39 is 23.6 Å². The Kier molecular flexibility index (Phi) is 12.3. The molecular formula is C23H36N2O6. The second kappa shape index (κ2) is 14.4. The molecule has 0 spiro atoms. The van der Waals surface area contributed by atoms with Gasteiger partial charge in [-0.05, 0) is 39.2 Å². The van der Waals surface area contributed by atoms with Crippen LogP contribution in [0.15, 0.2) is 30.3 Å². The number of methoxy groups -OCH3 is 1. The highest BCUT2D eigenvalue weighted by atomic mass is 16.6. The molecule has 1 aromatic rings. The van der Waals surface area contributed by atoms with Gasteiger partial charge in [0.05, 0.1) is 13.0 Å². The van der Waals surface area contributed by atoms with Gasteiger partial charge in [0.25, 0.3) is 0 Å². The fourth-order valence-electron chi connectivity index (χ4n) is 2.77. The molecule has 174 valence electrons. The van der Waals surface area contributed by atoms with Crippen LogP contribution in [0.4, 0.5) is 4.79 Å². The summed E-state index contributed by atoms with van der Waals surface area (Å²) < 4.78 is 15.5. The van der Waals surface area contributed by atoms with Crippen molar-refractivity contribution in [2.45, 2.75) is 58.7 Å². The summed E-state index contributed by atoms with van der Waals surface area (Å²) in [5.41, 5.74) is 0.348. The van der Waals surface area contributed by atoms with Crippen molar-refractivity contribution >= 4 is 18.0 Å². The highest BCUT2D eigenvalue weighted by molar-refractivity contribution is 5.83. The van der Waals surface area contributed by atoms with Crippen molar-refractivity contribution in [3.8, 4) is 0 Å². The minimum atomic E-state index is -0.546. The minimum absolute atomic E-state index is 0.00510. The summed E-state index contributed by atoms with van der Waals surface area (Å²) in [5, 5.41) is 5.48. The van der Waals surface area contributed by atoms with E-state index in [-0.39, 0.29) is 18.9 Å². The second-order valence-electron chi connectivity index (χ2n) is 8.26. The molecule has 2 N–H and O–H groups in total. The smallest absolute Gasteiger partial charge is 0.407 e. The van der Waals surface area contributed by atoms with E-state index in [1.54, 1.807) is 27.9 Å². The molecule has 1 rings (SSSR count). The molecule has 0 saturated heterocycles. The lowest BCUT2D eigenvalue weighted by Crippen LogP contribution is -2.35. The molecule has 0 aliphatic heterocycles. The number of carbonyl (C=O) groups is 3. The SMILES string of the molecule is COCCNC(=O)[C@H](CCCCNC(=O)OC(C)(C)C)CC(=O)OCc1ccccc1. The zero-order valence-corrected chi connectivity index (χ0v) is 19.1. The Bertz CT molecular complexity index is 672. The molecule has 0 radical (unpaired) electrons. The Morgan fingerprint density at radius 2 is 1.71 bits per heavy atom. The Morgan fingerprint density at radius 3 is 2.35 bits per heavy atom. The number of esters is 1. The maximum absolute atomic E-state index is 12.5. The topological polar surface area (TPSA) is 103 Å². The van der Waals surface area contributed by atoms with Crippen LogP contribution in [0.5, 0.6) is 0 Å². The lowest BCUT2D eigenvalue weighted by molar-refractivity contribution is -0.148. The number of nitrogens with one attached hydrogen (secondary N) is 2. The van der Waals surface area contributed by atoms with E-state index in [9.17, 15) is 14.4 Å². The summed E-state index contributed by atoms with van der Waals surface area (Å²) in [5.74, 6) is -1.11. The van der Waals surface area contributed by atoms with Crippen molar-refractivity contribution in [1.82, 2.24) is 10.6 Å². The van der Waals surface area contributed by atoms with Crippen molar-refractivity contribution in [1.29, 1.82) is 0 Å². The molecule has 1 atom stereocenters. The van der Waals surface area contributed by atoms with Crippen LogP contribution in [0.2, 0.25) is 0 Å². The van der Waals surface area contributed by atoms with Crippen molar-refractivity contribution in [2.24, 2.45) is 5.92 Å². The maximum atomic E-state index is 12.5. The monoisotopic (exact) mass is 436 g/mol. The Morgan fingerprint density at radius 1 is 1.00 bits per heavy atom. The molecule has 1 aromatic carbocycles. The fraction of sp³-hybridized carbons (Fsp3) is 0.609. The van der Waals surface area contributed by atoms with E-state index in [0.29, 0.717) is 39.0 Å². The second-order valence-corrected chi connectivity index (χ2v) is 8.26. The first-order chi connectivity index (χ1) is 14.7. The van der Waals surface area contributed by atoms with E-state index in [4.69, 9.17) is 14.2 Å². The number of alkyl carbamates (subject to hydrolysis) is 1. The predicted molar refractivity (Wildman–Crippen MR) is 117 cm³/mol. The number of ether oxygens (including phenoxy) is 3. The zero-order valence-electron chi connectivity index (χ0n) is 19.1. The fourth-order valence-corrected chi connectivity index (χ4v) is 2.77. The number of amides is 2. The summed E-state index contributed by atoms with van der Waals surface area (Å²) in [6.07, 6.45) is 1.39. The standard InChI is InChI=1S/C23H36N2O6/c1-23(2,3)31-22(28)25-13-9-8-12-19(21(27)24-14-15-29-4)16-20(26)30-17-18-10-6-5-7-11-18/h5-7,10-11,19H,8-9,12-17H2,1-4H3,(H,24,27)(H,25,28)/t19-/m1/s1. The van der Waals surface area contributed by atoms with E-state index in [0.717, 1.165) is 5.56 Å². The summed E-state index contributed by atoms with van der Waals surface area (Å²) in [6, 6.07) is 9.39. The van der Waals surface area contributed by atoms with Crippen LogP contribution in [-0.2, 0) is 30.4 Å². The summed E-state index contributed by atoms with van der Waals surface area (Å²) in [7, 11) is 1.56. The van der Waals surface area contributed by atoms with Crippen molar-refractivity contribution in [3.05, 3.63) is 35.9 Å². The van der Waals surface area contributed by atoms with Gasteiger partial charge in [-0.15, -0.1) is 0 Å². The van der Waals surface area contributed by atoms with Crippen LogP contribution in [-0.4, -0.2) is 50.4 Å². The number of benzene rings is 1. The van der Waals surface area contributed by atoms with Gasteiger partial charge in [0.15, 0.2) is 0 Å². The van der Waals surface area contributed by atoms with E-state index >= 15 is 0 Å². The maximum Gasteiger partial charge on any atom is 0.407 e. The van der Waals surface area contributed by atoms with Gasteiger partial charge in [0.2, 0.25) is 5.91 Å². The highest BCUT2D eigenvalue weighted by Crippen LogP contribution is 2.15. The van der Waals surface area contributed by atoms with Gasteiger partial charge in [0, 0.05) is 26.1 Å². The lowest BCUT2D eigenvalue weighted by Gasteiger charge is -2.20. The normalized spacial score (nSPS) is 12.0. The molecule has 8 nitrogen and oxygen atoms in total. The Labute approximate surface area is 185 Å². The highest BCUT2D eigenvalue weighted by Gasteiger charge is 2.22. The largest absolute Gasteiger partial charge is 0.461 e. The number of unbranched alkanes of at least 4 members (excludes halogenated alkanes) is 1. The molecule has 0 saturated carbocycles. The van der Waals surface area contributed by atoms with Crippen molar-refractivity contribution in [3.63, 3.8) is 0 Å². The van der Waals surface area contributed by atoms with Crippen LogP contribution in [0.3, 0.4) is 0 Å². The van der Waals surface area contributed by atoms with Crippen LogP contribution in [0, 0.1) is 5.92 Å². The summed E-state index contributed by atoms with van der Waals surface area (Å²) in [6.45, 7) is 6.80. The molecule has 2 amide bonds. The van der Waals surface area contributed by atoms with Gasteiger partial charge in [-0.2, -0.15) is 0 Å². The number of rotatable bonds is 13. The molecule has 0 bridgehead atoms. The Hall–Kier alpha value is -2.61. The number of hydrogen-bond acceptors (Lipinski definition) is 6. The molecule has 0 aliphatic carbocycles. The van der Waals surface area contributed by atoms with Gasteiger partial charge in [0.1, 0.15) is 12.2 Å². The molecule has 8 heteroatoms. The third kappa shape index (κ3) is 13.3. The van der Waals surface area contributed by atoms with Gasteiger partial charge in [-0.25, -0.2) is 4.79 Å². The molecule has 0 heterocycles. The van der Waals surface area contributed by atoms with Gasteiger partial charge >= 0.3 is 12.1 Å². The van der Waals surface area contributed by atoms with Gasteiger partial charge < -0.3 is 24.8 Å². The third-order valence-electron chi connectivity index (χ3n) is 4.28. The van der Waals surface area contributed by atoms with E-state index in [1.165, 1.54) is 0 Å². The molecule has 31 heavy (non-hydrogen) atoms. The molecule has 0 aromatic heterocycles. The van der Waals surface area contributed by atoms with Crippen LogP contribution < -0.4 is 10.6 Å². The molecule has 0 fully saturated rings. The molecule has 0 aliphatic rings. The number of hydrogen-bond donors (Lipinski definition) is 2. The minimum Gasteiger partial charge on any atom is -0.461 e. The van der Waals surface area contributed by atoms with Crippen LogP contribution in [0.25, 0.3) is 0 Å². The van der Waals surface area contributed by atoms with Crippen LogP contribution >= 0.6 is 0 Å². The van der Waals surface area contributed by atoms with Gasteiger partial charge in [-0.3, -0.25) is 9.59 Å². The first-order valence-electron chi connectivity index (χ1n) is 10.6. The summed E-state index contributed by atoms with van der Waals surface area (Å²) in [4.78, 5) is 36.4. The Balaban J connectivity index is 2.44. The van der Waals surface area contributed by atoms with E-state index in [2.05, 4.69) is 10.6 Å². The summed E-state index contributed by atoms with van der Waals surface area (Å²) >= 11 is 0. The first kappa shape index (κ1) is 26.4. The first-order valence-corrected chi connectivity index (χ1v) is 10.6. The quantitative estimate of drug-likeness (QED) is 0.364. The molecular weight excluding hydrogens is 400 g/mol. The van der Waals surface area contributed by atoms with Crippen molar-refractivity contribution in [2.75, 3.05) is 26.8 Å². The average Bonchev–Trinajstić information content (AvgIpc) is 2.70. The van der Waals surface area contributed by atoms with Crippen LogP contribution in [0.1, 0.15) is 52.0 Å². The zero-order chi connectivity index (χ0) is 23.1. The predicted octanol–water partition coefficient (Wildman–Crippen LogP) is 3.19. The lowest BCUT2D eigenvalue weighted by atomic mass is 9.97. The third-order valence-corrected chi connectivity index (χ3v) is 4.28. The van der Waals surface area contributed by atoms with Crippen molar-refractivity contribution < 1.29 is 28.6 Å².